The molecule has 0 aliphatic rings. The Hall–Kier alpha value is -3.01. The van der Waals surface area contributed by atoms with E-state index in [0.29, 0.717) is 17.7 Å². The first-order valence-corrected chi connectivity index (χ1v) is 10.5. The Morgan fingerprint density at radius 2 is 1.38 bits per heavy atom. The van der Waals surface area contributed by atoms with Crippen LogP contribution in [0.15, 0.2) is 54.6 Å². The number of unbranched alkanes of at least 4 members (excludes halogenated alkanes) is 5. The van der Waals surface area contributed by atoms with Gasteiger partial charge in [0.1, 0.15) is 0 Å². The SMILES string of the molecule is CCCCCCCCOC(=O)c1ccc2nc3cc4ccccc4cc3nc2c1. The maximum absolute atomic E-state index is 12.4. The van der Waals surface area contributed by atoms with E-state index in [9.17, 15) is 4.79 Å². The Bertz CT molecular complexity index is 1150. The number of benzene rings is 3. The summed E-state index contributed by atoms with van der Waals surface area (Å²) in [6.45, 7) is 2.68. The normalized spacial score (nSPS) is 11.3. The summed E-state index contributed by atoms with van der Waals surface area (Å²) < 4.78 is 5.44. The lowest BCUT2D eigenvalue weighted by Crippen LogP contribution is -2.06. The lowest BCUT2D eigenvalue weighted by Gasteiger charge is -2.07. The molecule has 29 heavy (non-hydrogen) atoms. The molecule has 1 heterocycles. The largest absolute Gasteiger partial charge is 0.462 e. The summed E-state index contributed by atoms with van der Waals surface area (Å²) in [5.41, 5.74) is 3.70. The first-order valence-electron chi connectivity index (χ1n) is 10.5. The fraction of sp³-hybridized carbons (Fsp3) is 0.320. The Morgan fingerprint density at radius 1 is 0.759 bits per heavy atom. The number of carbonyl (C=O) groups is 1. The minimum absolute atomic E-state index is 0.291. The predicted octanol–water partition coefficient (Wildman–Crippen LogP) is 6.45. The Balaban J connectivity index is 1.48. The van der Waals surface area contributed by atoms with E-state index in [0.717, 1.165) is 40.2 Å². The number of esters is 1. The minimum Gasteiger partial charge on any atom is -0.462 e. The van der Waals surface area contributed by atoms with Crippen molar-refractivity contribution in [1.82, 2.24) is 9.97 Å². The predicted molar refractivity (Wildman–Crippen MR) is 118 cm³/mol. The maximum atomic E-state index is 12.4. The smallest absolute Gasteiger partial charge is 0.338 e. The van der Waals surface area contributed by atoms with Crippen molar-refractivity contribution in [2.45, 2.75) is 45.4 Å². The molecule has 4 aromatic rings. The van der Waals surface area contributed by atoms with Crippen molar-refractivity contribution >= 4 is 38.8 Å². The van der Waals surface area contributed by atoms with Crippen LogP contribution in [-0.2, 0) is 4.74 Å². The lowest BCUT2D eigenvalue weighted by molar-refractivity contribution is 0.0498. The van der Waals surface area contributed by atoms with Gasteiger partial charge in [0.2, 0.25) is 0 Å². The molecule has 0 spiro atoms. The standard InChI is InChI=1S/C25H26N2O2/c1-2-3-4-5-6-9-14-29-25(28)20-12-13-21-22(17-20)27-24-16-19-11-8-7-10-18(19)15-23(24)26-21/h7-8,10-13,15-17H,2-6,9,14H2,1H3. The molecular weight excluding hydrogens is 360 g/mol. The second-order valence-corrected chi connectivity index (χ2v) is 7.52. The van der Waals surface area contributed by atoms with Crippen LogP contribution in [0.1, 0.15) is 55.8 Å². The second-order valence-electron chi connectivity index (χ2n) is 7.52. The third-order valence-electron chi connectivity index (χ3n) is 5.27. The molecule has 3 aromatic carbocycles. The second kappa shape index (κ2) is 8.99. The van der Waals surface area contributed by atoms with Gasteiger partial charge in [-0.1, -0.05) is 63.3 Å². The molecule has 148 valence electrons. The van der Waals surface area contributed by atoms with Gasteiger partial charge in [-0.05, 0) is 47.5 Å². The summed E-state index contributed by atoms with van der Waals surface area (Å²) >= 11 is 0. The first kappa shape index (κ1) is 19.3. The van der Waals surface area contributed by atoms with Crippen LogP contribution in [-0.4, -0.2) is 22.5 Å². The lowest BCUT2D eigenvalue weighted by atomic mass is 10.1. The molecule has 1 aromatic heterocycles. The molecule has 0 atom stereocenters. The highest BCUT2D eigenvalue weighted by Crippen LogP contribution is 2.23. The van der Waals surface area contributed by atoms with E-state index >= 15 is 0 Å². The fourth-order valence-electron chi connectivity index (χ4n) is 3.62. The van der Waals surface area contributed by atoms with Crippen LogP contribution >= 0.6 is 0 Å². The number of fused-ring (bicyclic) bond motifs is 3. The van der Waals surface area contributed by atoms with E-state index in [2.05, 4.69) is 25.1 Å². The van der Waals surface area contributed by atoms with E-state index < -0.39 is 0 Å². The van der Waals surface area contributed by atoms with Crippen molar-refractivity contribution in [2.24, 2.45) is 0 Å². The summed E-state index contributed by atoms with van der Waals surface area (Å²) in [5.74, 6) is -0.291. The van der Waals surface area contributed by atoms with Crippen molar-refractivity contribution in [3.8, 4) is 0 Å². The zero-order valence-corrected chi connectivity index (χ0v) is 16.9. The number of hydrogen-bond donors (Lipinski definition) is 0. The van der Waals surface area contributed by atoms with Crippen LogP contribution in [0.3, 0.4) is 0 Å². The van der Waals surface area contributed by atoms with Gasteiger partial charge in [-0.3, -0.25) is 0 Å². The third kappa shape index (κ3) is 4.53. The summed E-state index contributed by atoms with van der Waals surface area (Å²) in [7, 11) is 0. The van der Waals surface area contributed by atoms with E-state index in [1.54, 1.807) is 12.1 Å². The molecule has 4 rings (SSSR count). The monoisotopic (exact) mass is 386 g/mol. The van der Waals surface area contributed by atoms with Gasteiger partial charge in [0.05, 0.1) is 34.2 Å². The molecule has 0 radical (unpaired) electrons. The van der Waals surface area contributed by atoms with Crippen LogP contribution in [0, 0.1) is 0 Å². The van der Waals surface area contributed by atoms with E-state index in [1.165, 1.54) is 25.7 Å². The average molecular weight is 386 g/mol. The maximum Gasteiger partial charge on any atom is 0.338 e. The van der Waals surface area contributed by atoms with Gasteiger partial charge >= 0.3 is 5.97 Å². The van der Waals surface area contributed by atoms with Crippen molar-refractivity contribution < 1.29 is 9.53 Å². The van der Waals surface area contributed by atoms with Crippen molar-refractivity contribution in [2.75, 3.05) is 6.61 Å². The topological polar surface area (TPSA) is 52.1 Å². The van der Waals surface area contributed by atoms with Crippen molar-refractivity contribution in [3.05, 3.63) is 60.2 Å². The van der Waals surface area contributed by atoms with Gasteiger partial charge in [-0.15, -0.1) is 0 Å². The quantitative estimate of drug-likeness (QED) is 0.198. The highest BCUT2D eigenvalue weighted by molar-refractivity contribution is 5.99. The molecule has 0 saturated heterocycles. The fourth-order valence-corrected chi connectivity index (χ4v) is 3.62. The van der Waals surface area contributed by atoms with Gasteiger partial charge < -0.3 is 4.74 Å². The summed E-state index contributed by atoms with van der Waals surface area (Å²) in [6.07, 6.45) is 7.01. The number of rotatable bonds is 8. The van der Waals surface area contributed by atoms with Crippen molar-refractivity contribution in [1.29, 1.82) is 0 Å². The first-order chi connectivity index (χ1) is 14.2. The number of aromatic nitrogens is 2. The molecule has 0 amide bonds. The highest BCUT2D eigenvalue weighted by Gasteiger charge is 2.10. The van der Waals surface area contributed by atoms with Crippen molar-refractivity contribution in [3.63, 3.8) is 0 Å². The molecule has 4 nitrogen and oxygen atoms in total. The van der Waals surface area contributed by atoms with Crippen LogP contribution in [0.4, 0.5) is 0 Å². The average Bonchev–Trinajstić information content (AvgIpc) is 2.75. The molecule has 0 bridgehead atoms. The molecule has 0 saturated carbocycles. The van der Waals surface area contributed by atoms with Crippen LogP contribution < -0.4 is 0 Å². The van der Waals surface area contributed by atoms with Gasteiger partial charge in [0.15, 0.2) is 0 Å². The summed E-state index contributed by atoms with van der Waals surface area (Å²) in [4.78, 5) is 21.9. The van der Waals surface area contributed by atoms with E-state index in [1.807, 2.05) is 24.3 Å². The molecule has 4 heteroatoms. The third-order valence-corrected chi connectivity index (χ3v) is 5.27. The molecule has 0 aliphatic heterocycles. The van der Waals surface area contributed by atoms with Crippen LogP contribution in [0.25, 0.3) is 32.8 Å². The number of carbonyl (C=O) groups excluding carboxylic acids is 1. The molecule has 0 unspecified atom stereocenters. The highest BCUT2D eigenvalue weighted by atomic mass is 16.5. The van der Waals surface area contributed by atoms with Gasteiger partial charge in [-0.2, -0.15) is 0 Å². The number of ether oxygens (including phenoxy) is 1. The van der Waals surface area contributed by atoms with E-state index in [4.69, 9.17) is 14.7 Å². The van der Waals surface area contributed by atoms with Crippen LogP contribution in [0.5, 0.6) is 0 Å². The summed E-state index contributed by atoms with van der Waals surface area (Å²) in [6, 6.07) is 17.7. The number of nitrogens with zero attached hydrogens (tertiary/aromatic N) is 2. The zero-order valence-electron chi connectivity index (χ0n) is 16.9. The molecule has 0 aliphatic carbocycles. The molecule has 0 fully saturated rings. The van der Waals surface area contributed by atoms with Gasteiger partial charge in [0, 0.05) is 0 Å². The Morgan fingerprint density at radius 3 is 2.10 bits per heavy atom. The van der Waals surface area contributed by atoms with E-state index in [-0.39, 0.29) is 5.97 Å². The minimum atomic E-state index is -0.291. The molecular formula is C25H26N2O2. The molecule has 0 N–H and O–H groups in total. The van der Waals surface area contributed by atoms with Gasteiger partial charge in [-0.25, -0.2) is 14.8 Å². The Kier molecular flexibility index (Phi) is 5.99. The zero-order chi connectivity index (χ0) is 20.1. The number of hydrogen-bond acceptors (Lipinski definition) is 4. The van der Waals surface area contributed by atoms with Crippen LogP contribution in [0.2, 0.25) is 0 Å². The summed E-state index contributed by atoms with van der Waals surface area (Å²) in [5, 5.41) is 2.27. The van der Waals surface area contributed by atoms with Gasteiger partial charge in [0.25, 0.3) is 0 Å². The Labute approximate surface area is 170 Å².